The molecule has 3 nitrogen and oxygen atoms in total. The summed E-state index contributed by atoms with van der Waals surface area (Å²) in [4.78, 5) is 10.4. The number of phenolic OH excluding ortho intramolecular Hbond substituents is 1. The number of hydrogen-bond acceptors (Lipinski definition) is 3. The van der Waals surface area contributed by atoms with Crippen molar-refractivity contribution in [2.75, 3.05) is 0 Å². The Morgan fingerprint density at radius 1 is 1.46 bits per heavy atom. The summed E-state index contributed by atoms with van der Waals surface area (Å²) in [6.45, 7) is 2.08. The van der Waals surface area contributed by atoms with E-state index in [0.717, 1.165) is 24.8 Å². The van der Waals surface area contributed by atoms with E-state index in [9.17, 15) is 10.0 Å². The van der Waals surface area contributed by atoms with Gasteiger partial charge in [0, 0.05) is 0 Å². The lowest BCUT2D eigenvalue weighted by Crippen LogP contribution is -1.85. The highest BCUT2D eigenvalue weighted by molar-refractivity contribution is 5.56. The zero-order valence-electron chi connectivity index (χ0n) is 7.66. The first-order valence-corrected chi connectivity index (χ1v) is 4.43. The molecule has 0 amide bonds. The van der Waals surface area contributed by atoms with Gasteiger partial charge in [-0.1, -0.05) is 25.5 Å². The van der Waals surface area contributed by atoms with Crippen LogP contribution in [0.25, 0.3) is 0 Å². The molecule has 1 rings (SSSR count). The van der Waals surface area contributed by atoms with Gasteiger partial charge in [-0.25, -0.2) is 0 Å². The zero-order chi connectivity index (χ0) is 9.68. The van der Waals surface area contributed by atoms with E-state index in [2.05, 4.69) is 12.1 Å². The molecular weight excluding hydrogens is 166 g/mol. The molecule has 0 aliphatic carbocycles. The summed E-state index contributed by atoms with van der Waals surface area (Å²) in [5, 5.41) is 12.1. The van der Waals surface area contributed by atoms with Crippen LogP contribution in [-0.4, -0.2) is 5.11 Å². The maximum absolute atomic E-state index is 10.4. The van der Waals surface area contributed by atoms with Crippen molar-refractivity contribution in [2.24, 2.45) is 5.18 Å². The number of aryl methyl sites for hydroxylation is 1. The molecule has 0 radical (unpaired) electrons. The van der Waals surface area contributed by atoms with Gasteiger partial charge in [0.2, 0.25) is 0 Å². The quantitative estimate of drug-likeness (QED) is 0.722. The Labute approximate surface area is 77.4 Å². The summed E-state index contributed by atoms with van der Waals surface area (Å²) in [5.74, 6) is -0.0244. The van der Waals surface area contributed by atoms with Crippen LogP contribution in [-0.2, 0) is 6.42 Å². The van der Waals surface area contributed by atoms with Gasteiger partial charge in [-0.3, -0.25) is 0 Å². The maximum Gasteiger partial charge on any atom is 0.152 e. The second kappa shape index (κ2) is 4.60. The molecule has 70 valence electrons. The Hall–Kier alpha value is -1.38. The van der Waals surface area contributed by atoms with E-state index in [-0.39, 0.29) is 11.4 Å². The number of nitrogens with zero attached hydrogens (tertiary/aromatic N) is 1. The van der Waals surface area contributed by atoms with Gasteiger partial charge >= 0.3 is 0 Å². The number of hydrogen-bond donors (Lipinski definition) is 1. The highest BCUT2D eigenvalue weighted by Gasteiger charge is 2.06. The lowest BCUT2D eigenvalue weighted by atomic mass is 10.1. The monoisotopic (exact) mass is 179 g/mol. The van der Waals surface area contributed by atoms with Crippen LogP contribution in [0.1, 0.15) is 25.3 Å². The molecule has 0 heterocycles. The number of benzene rings is 1. The summed E-state index contributed by atoms with van der Waals surface area (Å²) in [7, 11) is 0. The molecule has 1 aromatic rings. The third-order valence-electron chi connectivity index (χ3n) is 1.99. The molecule has 0 fully saturated rings. The Morgan fingerprint density at radius 2 is 2.23 bits per heavy atom. The Morgan fingerprint density at radius 3 is 2.85 bits per heavy atom. The molecule has 0 saturated carbocycles. The molecule has 0 atom stereocenters. The van der Waals surface area contributed by atoms with Gasteiger partial charge in [0.25, 0.3) is 0 Å². The normalized spacial score (nSPS) is 9.92. The fraction of sp³-hybridized carbons (Fsp3) is 0.400. The topological polar surface area (TPSA) is 49.7 Å². The highest BCUT2D eigenvalue weighted by Crippen LogP contribution is 2.30. The van der Waals surface area contributed by atoms with Crippen molar-refractivity contribution < 1.29 is 5.11 Å². The molecule has 13 heavy (non-hydrogen) atoms. The first kappa shape index (κ1) is 9.71. The summed E-state index contributed by atoms with van der Waals surface area (Å²) in [6.07, 6.45) is 2.87. The van der Waals surface area contributed by atoms with Crippen molar-refractivity contribution in [3.8, 4) is 5.75 Å². The van der Waals surface area contributed by atoms with Crippen LogP contribution in [0, 0.1) is 4.91 Å². The molecule has 3 heteroatoms. The van der Waals surface area contributed by atoms with Gasteiger partial charge in [-0.2, -0.15) is 0 Å². The van der Waals surface area contributed by atoms with Gasteiger partial charge in [-0.05, 0) is 29.6 Å². The number of aromatic hydroxyl groups is 1. The zero-order valence-corrected chi connectivity index (χ0v) is 7.66. The van der Waals surface area contributed by atoms with E-state index in [1.165, 1.54) is 6.07 Å². The molecule has 0 aliphatic heterocycles. The minimum absolute atomic E-state index is 0.0244. The lowest BCUT2D eigenvalue weighted by Gasteiger charge is -2.03. The number of nitroso groups, excluding NO2 is 1. The third kappa shape index (κ3) is 2.28. The van der Waals surface area contributed by atoms with E-state index in [4.69, 9.17) is 0 Å². The Kier molecular flexibility index (Phi) is 3.43. The van der Waals surface area contributed by atoms with Crippen LogP contribution in [0.3, 0.4) is 0 Å². The smallest absolute Gasteiger partial charge is 0.152 e. The molecule has 0 aliphatic rings. The minimum atomic E-state index is -0.0244. The highest BCUT2D eigenvalue weighted by atomic mass is 16.3. The molecule has 0 unspecified atom stereocenters. The predicted molar refractivity (Wildman–Crippen MR) is 52.2 cm³/mol. The maximum atomic E-state index is 10.4. The van der Waals surface area contributed by atoms with Crippen LogP contribution >= 0.6 is 0 Å². The first-order valence-electron chi connectivity index (χ1n) is 4.43. The van der Waals surface area contributed by atoms with Gasteiger partial charge in [0.05, 0.1) is 0 Å². The van der Waals surface area contributed by atoms with Crippen LogP contribution in [0.2, 0.25) is 0 Å². The van der Waals surface area contributed by atoms with E-state index in [1.54, 1.807) is 6.07 Å². The van der Waals surface area contributed by atoms with Gasteiger partial charge in [0.1, 0.15) is 5.75 Å². The summed E-state index contributed by atoms with van der Waals surface area (Å²) in [6, 6.07) is 5.04. The average molecular weight is 179 g/mol. The number of rotatable bonds is 4. The summed E-state index contributed by atoms with van der Waals surface area (Å²) < 4.78 is 0. The van der Waals surface area contributed by atoms with Crippen LogP contribution in [0.4, 0.5) is 5.69 Å². The number of unbranched alkanes of at least 4 members (excludes halogenated alkanes) is 1. The molecule has 0 spiro atoms. The molecular formula is C10H13NO2. The second-order valence-electron chi connectivity index (χ2n) is 2.98. The summed E-state index contributed by atoms with van der Waals surface area (Å²) in [5.41, 5.74) is 1.02. The molecule has 0 saturated heterocycles. The second-order valence-corrected chi connectivity index (χ2v) is 2.98. The van der Waals surface area contributed by atoms with E-state index >= 15 is 0 Å². The lowest BCUT2D eigenvalue weighted by molar-refractivity contribution is 0.476. The molecule has 0 bridgehead atoms. The van der Waals surface area contributed by atoms with Crippen molar-refractivity contribution in [3.63, 3.8) is 0 Å². The van der Waals surface area contributed by atoms with Crippen molar-refractivity contribution in [3.05, 3.63) is 28.7 Å². The van der Waals surface area contributed by atoms with Crippen LogP contribution in [0.15, 0.2) is 23.4 Å². The standard InChI is InChI=1S/C10H13NO2/c1-2-3-5-8-6-4-7-9(12)10(8)11-13/h4,6-7,12H,2-3,5H2,1H3. The van der Waals surface area contributed by atoms with E-state index < -0.39 is 0 Å². The first-order chi connectivity index (χ1) is 6.29. The minimum Gasteiger partial charge on any atom is -0.506 e. The fourth-order valence-electron chi connectivity index (χ4n) is 1.25. The molecule has 1 N–H and O–H groups in total. The van der Waals surface area contributed by atoms with Crippen molar-refractivity contribution in [2.45, 2.75) is 26.2 Å². The van der Waals surface area contributed by atoms with Gasteiger partial charge in [0.15, 0.2) is 5.69 Å². The SMILES string of the molecule is CCCCc1cccc(O)c1N=O. The van der Waals surface area contributed by atoms with E-state index in [0.29, 0.717) is 0 Å². The van der Waals surface area contributed by atoms with Crippen molar-refractivity contribution in [1.29, 1.82) is 0 Å². The average Bonchev–Trinajstić information content (AvgIpc) is 2.15. The predicted octanol–water partition coefficient (Wildman–Crippen LogP) is 3.13. The molecule has 1 aromatic carbocycles. The Balaban J connectivity index is 2.91. The Bertz CT molecular complexity index is 297. The number of phenols is 1. The largest absolute Gasteiger partial charge is 0.506 e. The molecule has 0 aromatic heterocycles. The van der Waals surface area contributed by atoms with Crippen LogP contribution in [0.5, 0.6) is 5.75 Å². The fourth-order valence-corrected chi connectivity index (χ4v) is 1.25. The van der Waals surface area contributed by atoms with Crippen molar-refractivity contribution in [1.82, 2.24) is 0 Å². The third-order valence-corrected chi connectivity index (χ3v) is 1.99. The van der Waals surface area contributed by atoms with Crippen molar-refractivity contribution >= 4 is 5.69 Å². The summed E-state index contributed by atoms with van der Waals surface area (Å²) >= 11 is 0. The van der Waals surface area contributed by atoms with E-state index in [1.807, 2.05) is 6.07 Å². The van der Waals surface area contributed by atoms with Crippen LogP contribution < -0.4 is 0 Å². The van der Waals surface area contributed by atoms with Gasteiger partial charge < -0.3 is 5.11 Å². The van der Waals surface area contributed by atoms with Gasteiger partial charge in [-0.15, -0.1) is 4.91 Å².